The van der Waals surface area contributed by atoms with Crippen LogP contribution in [0.1, 0.15) is 16.7 Å². The molecule has 0 saturated carbocycles. The molecular formula is C24H22ClN3O. The van der Waals surface area contributed by atoms with Gasteiger partial charge in [-0.3, -0.25) is 4.79 Å². The van der Waals surface area contributed by atoms with E-state index in [1.165, 1.54) is 0 Å². The van der Waals surface area contributed by atoms with Crippen molar-refractivity contribution in [3.8, 4) is 0 Å². The highest BCUT2D eigenvalue weighted by atomic mass is 35.5. The van der Waals surface area contributed by atoms with E-state index in [9.17, 15) is 4.79 Å². The fourth-order valence-electron chi connectivity index (χ4n) is 2.68. The Labute approximate surface area is 175 Å². The summed E-state index contributed by atoms with van der Waals surface area (Å²) in [5.41, 5.74) is 6.99. The number of carbonyl (C=O) groups is 1. The minimum Gasteiger partial charge on any atom is -0.376 e. The van der Waals surface area contributed by atoms with E-state index in [1.807, 2.05) is 97.9 Å². The normalized spacial score (nSPS) is 11.4. The Bertz CT molecular complexity index is 1010. The van der Waals surface area contributed by atoms with Gasteiger partial charge >= 0.3 is 0 Å². The highest BCUT2D eigenvalue weighted by Crippen LogP contribution is 2.22. The third-order valence-electron chi connectivity index (χ3n) is 4.31. The van der Waals surface area contributed by atoms with E-state index in [4.69, 9.17) is 11.6 Å². The minimum absolute atomic E-state index is 0.0924. The molecule has 0 unspecified atom stereocenters. The van der Waals surface area contributed by atoms with Gasteiger partial charge < -0.3 is 5.32 Å². The molecule has 3 aromatic rings. The Morgan fingerprint density at radius 1 is 0.966 bits per heavy atom. The maximum atomic E-state index is 12.3. The lowest BCUT2D eigenvalue weighted by atomic mass is 10.1. The first-order valence-corrected chi connectivity index (χ1v) is 9.65. The van der Waals surface area contributed by atoms with Crippen molar-refractivity contribution in [1.29, 1.82) is 0 Å². The molecule has 0 aromatic heterocycles. The molecule has 4 nitrogen and oxygen atoms in total. The molecule has 146 valence electrons. The molecule has 0 spiro atoms. The number of carbonyl (C=O) groups excluding carboxylic acids is 1. The van der Waals surface area contributed by atoms with E-state index >= 15 is 0 Å². The number of amides is 1. The number of anilines is 1. The van der Waals surface area contributed by atoms with Gasteiger partial charge in [-0.25, -0.2) is 5.43 Å². The van der Waals surface area contributed by atoms with E-state index in [0.717, 1.165) is 22.4 Å². The van der Waals surface area contributed by atoms with Crippen molar-refractivity contribution in [3.05, 3.63) is 107 Å². The van der Waals surface area contributed by atoms with E-state index in [0.29, 0.717) is 10.7 Å². The van der Waals surface area contributed by atoms with Gasteiger partial charge in [0.15, 0.2) is 0 Å². The van der Waals surface area contributed by atoms with Gasteiger partial charge in [-0.15, -0.1) is 0 Å². The summed E-state index contributed by atoms with van der Waals surface area (Å²) in [6, 6.07) is 25.2. The van der Waals surface area contributed by atoms with Crippen LogP contribution in [-0.4, -0.2) is 18.2 Å². The number of allylic oxidation sites excluding steroid dienone is 1. The topological polar surface area (TPSA) is 53.5 Å². The van der Waals surface area contributed by atoms with Gasteiger partial charge in [-0.1, -0.05) is 84.4 Å². The molecule has 3 rings (SSSR count). The Hall–Kier alpha value is -3.37. The van der Waals surface area contributed by atoms with Crippen molar-refractivity contribution in [2.75, 3.05) is 11.9 Å². The standard InChI is InChI=1S/C24H22ClN3O/c1-18-21(25)13-8-14-22(18)26-17-24(29)28-27-23(20-11-6-3-7-12-20)16-15-19-9-4-2-5-10-19/h2-16,26H,17H2,1H3,(H,28,29)/b16-15+,27-23+. The second kappa shape index (κ2) is 10.2. The average molecular weight is 404 g/mol. The summed E-state index contributed by atoms with van der Waals surface area (Å²) in [4.78, 5) is 12.3. The molecule has 0 aliphatic rings. The van der Waals surface area contributed by atoms with Crippen LogP contribution in [-0.2, 0) is 4.79 Å². The average Bonchev–Trinajstić information content (AvgIpc) is 2.76. The van der Waals surface area contributed by atoms with Crippen molar-refractivity contribution >= 4 is 35.0 Å². The maximum absolute atomic E-state index is 12.3. The summed E-state index contributed by atoms with van der Waals surface area (Å²) in [6.07, 6.45) is 3.85. The molecule has 0 bridgehead atoms. The molecule has 0 aliphatic carbocycles. The number of rotatable bonds is 7. The maximum Gasteiger partial charge on any atom is 0.259 e. The zero-order valence-electron chi connectivity index (χ0n) is 16.1. The van der Waals surface area contributed by atoms with Gasteiger partial charge in [-0.2, -0.15) is 5.10 Å². The number of nitrogens with zero attached hydrogens (tertiary/aromatic N) is 1. The van der Waals surface area contributed by atoms with Crippen LogP contribution in [0, 0.1) is 6.92 Å². The summed E-state index contributed by atoms with van der Waals surface area (Å²) in [5, 5.41) is 8.07. The largest absolute Gasteiger partial charge is 0.376 e. The predicted octanol–water partition coefficient (Wildman–Crippen LogP) is 5.29. The van der Waals surface area contributed by atoms with Gasteiger partial charge in [0.1, 0.15) is 0 Å². The zero-order valence-corrected chi connectivity index (χ0v) is 16.9. The predicted molar refractivity (Wildman–Crippen MR) is 121 cm³/mol. The number of nitrogens with one attached hydrogen (secondary N) is 2. The first kappa shape index (κ1) is 20.4. The monoisotopic (exact) mass is 403 g/mol. The molecule has 29 heavy (non-hydrogen) atoms. The lowest BCUT2D eigenvalue weighted by Crippen LogP contribution is -2.27. The summed E-state index contributed by atoms with van der Waals surface area (Å²) in [5.74, 6) is -0.245. The Morgan fingerprint density at radius 2 is 1.66 bits per heavy atom. The fourth-order valence-corrected chi connectivity index (χ4v) is 2.86. The van der Waals surface area contributed by atoms with Crippen LogP contribution in [0.3, 0.4) is 0 Å². The Kier molecular flexibility index (Phi) is 7.20. The van der Waals surface area contributed by atoms with Crippen molar-refractivity contribution in [1.82, 2.24) is 5.43 Å². The highest BCUT2D eigenvalue weighted by molar-refractivity contribution is 6.31. The van der Waals surface area contributed by atoms with Crippen LogP contribution in [0.4, 0.5) is 5.69 Å². The lowest BCUT2D eigenvalue weighted by molar-refractivity contribution is -0.119. The molecule has 0 radical (unpaired) electrons. The van der Waals surface area contributed by atoms with Crippen molar-refractivity contribution in [2.24, 2.45) is 5.10 Å². The van der Waals surface area contributed by atoms with Crippen LogP contribution in [0.15, 0.2) is 90.0 Å². The minimum atomic E-state index is -0.245. The van der Waals surface area contributed by atoms with E-state index in [2.05, 4.69) is 15.8 Å². The fraction of sp³-hybridized carbons (Fsp3) is 0.0833. The van der Waals surface area contributed by atoms with Gasteiger partial charge in [0.2, 0.25) is 0 Å². The molecule has 0 heterocycles. The highest BCUT2D eigenvalue weighted by Gasteiger charge is 2.06. The van der Waals surface area contributed by atoms with Crippen LogP contribution >= 0.6 is 11.6 Å². The first-order valence-electron chi connectivity index (χ1n) is 9.27. The summed E-state index contributed by atoms with van der Waals surface area (Å²) in [7, 11) is 0. The SMILES string of the molecule is Cc1c(Cl)cccc1NCC(=O)N/N=C(\C=C\c1ccccc1)c1ccccc1. The smallest absolute Gasteiger partial charge is 0.259 e. The molecule has 1 amide bonds. The number of hydrogen-bond acceptors (Lipinski definition) is 3. The third kappa shape index (κ3) is 6.06. The van der Waals surface area contributed by atoms with Gasteiger partial charge in [-0.05, 0) is 36.3 Å². The molecule has 0 saturated heterocycles. The number of halogens is 1. The van der Waals surface area contributed by atoms with Gasteiger partial charge in [0, 0.05) is 16.3 Å². The molecule has 0 fully saturated rings. The van der Waals surface area contributed by atoms with E-state index < -0.39 is 0 Å². The summed E-state index contributed by atoms with van der Waals surface area (Å²) < 4.78 is 0. The summed E-state index contributed by atoms with van der Waals surface area (Å²) >= 11 is 6.11. The second-order valence-electron chi connectivity index (χ2n) is 6.41. The molecule has 5 heteroatoms. The van der Waals surface area contributed by atoms with E-state index in [1.54, 1.807) is 0 Å². The molecule has 0 atom stereocenters. The lowest BCUT2D eigenvalue weighted by Gasteiger charge is -2.10. The summed E-state index contributed by atoms with van der Waals surface area (Å²) in [6.45, 7) is 2.00. The number of hydrogen-bond donors (Lipinski definition) is 2. The van der Waals surface area contributed by atoms with Gasteiger partial charge in [0.05, 0.1) is 12.3 Å². The first-order chi connectivity index (χ1) is 14.1. The van der Waals surface area contributed by atoms with Crippen LogP contribution in [0.2, 0.25) is 5.02 Å². The molecular weight excluding hydrogens is 382 g/mol. The van der Waals surface area contributed by atoms with Crippen LogP contribution < -0.4 is 10.7 Å². The van der Waals surface area contributed by atoms with Crippen LogP contribution in [0.5, 0.6) is 0 Å². The van der Waals surface area contributed by atoms with Crippen molar-refractivity contribution in [2.45, 2.75) is 6.92 Å². The molecule has 3 aromatic carbocycles. The van der Waals surface area contributed by atoms with Crippen molar-refractivity contribution < 1.29 is 4.79 Å². The Balaban J connectivity index is 1.69. The molecule has 0 aliphatic heterocycles. The number of hydrazone groups is 1. The van der Waals surface area contributed by atoms with Crippen molar-refractivity contribution in [3.63, 3.8) is 0 Å². The Morgan fingerprint density at radius 3 is 2.38 bits per heavy atom. The quantitative estimate of drug-likeness (QED) is 0.415. The second-order valence-corrected chi connectivity index (χ2v) is 6.82. The zero-order chi connectivity index (χ0) is 20.5. The molecule has 2 N–H and O–H groups in total. The van der Waals surface area contributed by atoms with Crippen LogP contribution in [0.25, 0.3) is 6.08 Å². The third-order valence-corrected chi connectivity index (χ3v) is 4.72. The number of benzene rings is 3. The van der Waals surface area contributed by atoms with E-state index in [-0.39, 0.29) is 12.5 Å². The van der Waals surface area contributed by atoms with Gasteiger partial charge in [0.25, 0.3) is 5.91 Å².